The number of carbonyl (C=O) groups excluding carboxylic acids is 2. The van der Waals surface area contributed by atoms with E-state index >= 15 is 0 Å². The largest absolute Gasteiger partial charge is 0.365 e. The lowest BCUT2D eigenvalue weighted by Crippen LogP contribution is -2.24. The molecular weight excluding hydrogens is 511 g/mol. The lowest BCUT2D eigenvalue weighted by atomic mass is 10.1. The highest BCUT2D eigenvalue weighted by molar-refractivity contribution is 8.00. The molecule has 0 aliphatic rings. The molecule has 7 nitrogen and oxygen atoms in total. The van der Waals surface area contributed by atoms with Gasteiger partial charge in [-0.3, -0.25) is 14.2 Å². The molecule has 0 saturated heterocycles. The van der Waals surface area contributed by atoms with Crippen LogP contribution in [-0.4, -0.2) is 31.8 Å². The second-order valence-corrected chi connectivity index (χ2v) is 11.9. The first kappa shape index (κ1) is 26.0. The first-order valence-corrected chi connectivity index (χ1v) is 14.0. The van der Waals surface area contributed by atoms with E-state index in [4.69, 9.17) is 5.73 Å². The number of hydrogen-bond donors (Lipinski definition) is 2. The Morgan fingerprint density at radius 2 is 1.75 bits per heavy atom. The van der Waals surface area contributed by atoms with Crippen molar-refractivity contribution in [1.82, 2.24) is 14.8 Å². The second kappa shape index (κ2) is 11.3. The summed E-state index contributed by atoms with van der Waals surface area (Å²) in [5.41, 5.74) is 8.86. The third kappa shape index (κ3) is 5.83. The maximum absolute atomic E-state index is 13.1. The SMILES string of the molecule is Cc1ccc(SCc2nnc(SC(C)C(=O)Nc3sc(C)c(C)c3C(N)=O)n2-c2ccccc2)cc1. The summed E-state index contributed by atoms with van der Waals surface area (Å²) >= 11 is 4.36. The van der Waals surface area contributed by atoms with E-state index in [2.05, 4.69) is 46.7 Å². The van der Waals surface area contributed by atoms with Gasteiger partial charge in [0.05, 0.1) is 16.6 Å². The zero-order valence-electron chi connectivity index (χ0n) is 20.4. The Kier molecular flexibility index (Phi) is 8.17. The van der Waals surface area contributed by atoms with Gasteiger partial charge in [-0.15, -0.1) is 33.3 Å². The van der Waals surface area contributed by atoms with E-state index in [1.807, 2.05) is 55.7 Å². The van der Waals surface area contributed by atoms with Crippen molar-refractivity contribution in [2.24, 2.45) is 5.73 Å². The molecule has 4 aromatic rings. The van der Waals surface area contributed by atoms with Crippen molar-refractivity contribution < 1.29 is 9.59 Å². The van der Waals surface area contributed by atoms with Gasteiger partial charge in [-0.25, -0.2) is 0 Å². The lowest BCUT2D eigenvalue weighted by Gasteiger charge is -2.14. The Labute approximate surface area is 222 Å². The normalized spacial score (nSPS) is 11.9. The molecule has 0 fully saturated rings. The van der Waals surface area contributed by atoms with Crippen molar-refractivity contribution in [3.8, 4) is 5.69 Å². The van der Waals surface area contributed by atoms with Crippen molar-refractivity contribution in [1.29, 1.82) is 0 Å². The maximum atomic E-state index is 13.1. The van der Waals surface area contributed by atoms with E-state index in [9.17, 15) is 9.59 Å². The van der Waals surface area contributed by atoms with Gasteiger partial charge < -0.3 is 11.1 Å². The van der Waals surface area contributed by atoms with Gasteiger partial charge in [0, 0.05) is 15.5 Å². The summed E-state index contributed by atoms with van der Waals surface area (Å²) in [6, 6.07) is 18.2. The quantitative estimate of drug-likeness (QED) is 0.263. The van der Waals surface area contributed by atoms with Gasteiger partial charge in [0.2, 0.25) is 5.91 Å². The standard InChI is InChI=1S/C26H27N5O2S3/c1-15-10-12-20(13-11-15)34-14-21-29-30-26(31(21)19-8-6-5-7-9-19)36-18(4)24(33)28-25-22(23(27)32)16(2)17(3)35-25/h5-13,18H,14H2,1-4H3,(H2,27,32)(H,28,33). The van der Waals surface area contributed by atoms with E-state index in [-0.39, 0.29) is 5.91 Å². The Hall–Kier alpha value is -3.08. The number of thioether (sulfide) groups is 2. The Morgan fingerprint density at radius 1 is 1.06 bits per heavy atom. The molecule has 36 heavy (non-hydrogen) atoms. The fourth-order valence-corrected chi connectivity index (χ4v) is 6.29. The monoisotopic (exact) mass is 537 g/mol. The van der Waals surface area contributed by atoms with Crippen molar-refractivity contribution in [3.63, 3.8) is 0 Å². The van der Waals surface area contributed by atoms with E-state index in [1.165, 1.54) is 28.7 Å². The molecule has 0 aliphatic carbocycles. The van der Waals surface area contributed by atoms with Crippen LogP contribution in [0.4, 0.5) is 5.00 Å². The molecule has 0 bridgehead atoms. The third-order valence-corrected chi connectivity index (χ3v) is 8.80. The fraction of sp³-hybridized carbons (Fsp3) is 0.231. The van der Waals surface area contributed by atoms with Crippen LogP contribution in [0.2, 0.25) is 0 Å². The maximum Gasteiger partial charge on any atom is 0.251 e. The van der Waals surface area contributed by atoms with Crippen LogP contribution in [0.3, 0.4) is 0 Å². The van der Waals surface area contributed by atoms with Crippen LogP contribution in [0.5, 0.6) is 0 Å². The topological polar surface area (TPSA) is 103 Å². The molecule has 1 unspecified atom stereocenters. The van der Waals surface area contributed by atoms with Crippen molar-refractivity contribution in [2.75, 3.05) is 5.32 Å². The average Bonchev–Trinajstić information content (AvgIpc) is 3.38. The Morgan fingerprint density at radius 3 is 2.42 bits per heavy atom. The number of primary amides is 1. The summed E-state index contributed by atoms with van der Waals surface area (Å²) in [7, 11) is 0. The number of aryl methyl sites for hydroxylation is 2. The number of anilines is 1. The smallest absolute Gasteiger partial charge is 0.251 e. The van der Waals surface area contributed by atoms with Gasteiger partial charge in [0.25, 0.3) is 5.91 Å². The second-order valence-electron chi connectivity index (χ2n) is 8.27. The molecule has 1 atom stereocenters. The predicted octanol–water partition coefficient (Wildman–Crippen LogP) is 5.76. The van der Waals surface area contributed by atoms with Gasteiger partial charge in [0.15, 0.2) is 5.16 Å². The van der Waals surface area contributed by atoms with Gasteiger partial charge >= 0.3 is 0 Å². The predicted molar refractivity (Wildman–Crippen MR) is 148 cm³/mol. The highest BCUT2D eigenvalue weighted by atomic mass is 32.2. The molecule has 2 aromatic heterocycles. The first-order valence-electron chi connectivity index (χ1n) is 11.3. The highest BCUT2D eigenvalue weighted by Crippen LogP contribution is 2.34. The lowest BCUT2D eigenvalue weighted by molar-refractivity contribution is -0.115. The Balaban J connectivity index is 1.55. The number of carbonyl (C=O) groups is 2. The first-order chi connectivity index (χ1) is 17.2. The van der Waals surface area contributed by atoms with E-state index in [0.29, 0.717) is 21.5 Å². The van der Waals surface area contributed by atoms with Gasteiger partial charge in [0.1, 0.15) is 10.8 Å². The van der Waals surface area contributed by atoms with E-state index in [1.54, 1.807) is 11.8 Å². The van der Waals surface area contributed by atoms with E-state index < -0.39 is 11.2 Å². The number of hydrogen-bond acceptors (Lipinski definition) is 7. The number of thiophene rings is 1. The molecule has 186 valence electrons. The van der Waals surface area contributed by atoms with Gasteiger partial charge in [-0.05, 0) is 57.5 Å². The minimum atomic E-state index is -0.549. The number of amides is 2. The summed E-state index contributed by atoms with van der Waals surface area (Å²) in [5, 5.41) is 12.4. The summed E-state index contributed by atoms with van der Waals surface area (Å²) in [4.78, 5) is 27.1. The van der Waals surface area contributed by atoms with Crippen LogP contribution in [0, 0.1) is 20.8 Å². The molecule has 10 heteroatoms. The average molecular weight is 538 g/mol. The van der Waals surface area contributed by atoms with Crippen molar-refractivity contribution in [3.05, 3.63) is 82.0 Å². The number of nitrogens with zero attached hydrogens (tertiary/aromatic N) is 3. The number of para-hydroxylation sites is 1. The number of rotatable bonds is 9. The molecule has 0 radical (unpaired) electrons. The van der Waals surface area contributed by atoms with Crippen LogP contribution < -0.4 is 11.1 Å². The Bertz CT molecular complexity index is 1380. The minimum Gasteiger partial charge on any atom is -0.365 e. The van der Waals surface area contributed by atoms with Crippen LogP contribution >= 0.6 is 34.9 Å². The number of benzene rings is 2. The summed E-state index contributed by atoms with van der Waals surface area (Å²) in [5.74, 6) is 0.637. The summed E-state index contributed by atoms with van der Waals surface area (Å²) < 4.78 is 1.99. The third-order valence-electron chi connectivity index (χ3n) is 5.62. The molecule has 2 heterocycles. The molecule has 0 aliphatic heterocycles. The minimum absolute atomic E-state index is 0.234. The van der Waals surface area contributed by atoms with Gasteiger partial charge in [-0.2, -0.15) is 0 Å². The van der Waals surface area contributed by atoms with Crippen LogP contribution in [0.25, 0.3) is 5.69 Å². The zero-order chi connectivity index (χ0) is 25.8. The number of nitrogens with two attached hydrogens (primary N) is 1. The molecule has 3 N–H and O–H groups in total. The number of aromatic nitrogens is 3. The van der Waals surface area contributed by atoms with Crippen molar-refractivity contribution >= 4 is 51.7 Å². The number of nitrogens with one attached hydrogen (secondary N) is 1. The molecule has 2 amide bonds. The van der Waals surface area contributed by atoms with Gasteiger partial charge in [-0.1, -0.05) is 47.7 Å². The highest BCUT2D eigenvalue weighted by Gasteiger charge is 2.24. The van der Waals surface area contributed by atoms with Crippen LogP contribution in [-0.2, 0) is 10.5 Å². The summed E-state index contributed by atoms with van der Waals surface area (Å²) in [6.07, 6.45) is 0. The van der Waals surface area contributed by atoms with Crippen LogP contribution in [0.15, 0.2) is 64.6 Å². The molecule has 4 rings (SSSR count). The molecule has 2 aromatic carbocycles. The summed E-state index contributed by atoms with van der Waals surface area (Å²) in [6.45, 7) is 7.61. The van der Waals surface area contributed by atoms with Crippen LogP contribution in [0.1, 0.15) is 39.1 Å². The van der Waals surface area contributed by atoms with Crippen molar-refractivity contribution in [2.45, 2.75) is 48.7 Å². The molecular formula is C26H27N5O2S3. The molecule has 0 saturated carbocycles. The fourth-order valence-electron chi connectivity index (χ4n) is 3.53. The zero-order valence-corrected chi connectivity index (χ0v) is 22.9. The van der Waals surface area contributed by atoms with E-state index in [0.717, 1.165) is 26.8 Å². The molecule has 0 spiro atoms.